The number of hydrogen-bond acceptors (Lipinski definition) is 4. The summed E-state index contributed by atoms with van der Waals surface area (Å²) in [7, 11) is 0. The van der Waals surface area contributed by atoms with Crippen molar-refractivity contribution < 1.29 is 18.7 Å². The van der Waals surface area contributed by atoms with Gasteiger partial charge in [-0.05, 0) is 60.4 Å². The van der Waals surface area contributed by atoms with Gasteiger partial charge in [-0.1, -0.05) is 44.2 Å². The molecule has 0 bridgehead atoms. The van der Waals surface area contributed by atoms with E-state index in [0.29, 0.717) is 22.8 Å². The first kappa shape index (κ1) is 20.6. The van der Waals surface area contributed by atoms with Crippen molar-refractivity contribution >= 4 is 22.7 Å². The monoisotopic (exact) mass is 412 g/mol. The largest absolute Gasteiger partial charge is 0.464 e. The van der Waals surface area contributed by atoms with Crippen LogP contribution in [0.5, 0.6) is 5.75 Å². The number of carbonyl (C=O) groups excluding carboxylic acids is 2. The van der Waals surface area contributed by atoms with Crippen LogP contribution in [0.25, 0.3) is 11.0 Å². The van der Waals surface area contributed by atoms with Crippen molar-refractivity contribution in [2.45, 2.75) is 33.1 Å². The number of fused-ring (bicyclic) bond motifs is 1. The highest BCUT2D eigenvalue weighted by Crippen LogP contribution is 2.29. The molecular formula is C27H24O4. The molecule has 0 radical (unpaired) electrons. The van der Waals surface area contributed by atoms with Crippen LogP contribution in [-0.2, 0) is 11.2 Å². The number of benzene rings is 3. The smallest absolute Gasteiger partial charge is 0.315 e. The average molecular weight is 412 g/mol. The molecule has 4 nitrogen and oxygen atoms in total. The second-order valence-corrected chi connectivity index (χ2v) is 7.99. The van der Waals surface area contributed by atoms with Crippen molar-refractivity contribution in [1.29, 1.82) is 0 Å². The minimum Gasteiger partial charge on any atom is -0.464 e. The van der Waals surface area contributed by atoms with Gasteiger partial charge in [-0.25, -0.2) is 0 Å². The first-order chi connectivity index (χ1) is 14.9. The zero-order chi connectivity index (χ0) is 22.0. The molecule has 1 heterocycles. The van der Waals surface area contributed by atoms with Crippen molar-refractivity contribution in [2.75, 3.05) is 0 Å². The van der Waals surface area contributed by atoms with Gasteiger partial charge in [-0.2, -0.15) is 0 Å². The SMILES string of the molecule is Cc1cc2occ(CC(=O)Oc3ccc(C(=O)c4ccccc4)cc3)c2cc1C(C)C. The fourth-order valence-electron chi connectivity index (χ4n) is 3.76. The highest BCUT2D eigenvalue weighted by molar-refractivity contribution is 6.09. The third-order valence-corrected chi connectivity index (χ3v) is 5.38. The van der Waals surface area contributed by atoms with Crippen molar-refractivity contribution in [1.82, 2.24) is 0 Å². The normalized spacial score (nSPS) is 11.1. The Morgan fingerprint density at radius 2 is 1.61 bits per heavy atom. The lowest BCUT2D eigenvalue weighted by Crippen LogP contribution is -2.11. The number of ether oxygens (including phenoxy) is 1. The van der Waals surface area contributed by atoms with E-state index >= 15 is 0 Å². The van der Waals surface area contributed by atoms with E-state index in [2.05, 4.69) is 26.8 Å². The maximum absolute atomic E-state index is 12.5. The van der Waals surface area contributed by atoms with Gasteiger partial charge in [0.05, 0.1) is 12.7 Å². The Morgan fingerprint density at radius 1 is 0.935 bits per heavy atom. The summed E-state index contributed by atoms with van der Waals surface area (Å²) >= 11 is 0. The first-order valence-corrected chi connectivity index (χ1v) is 10.3. The van der Waals surface area contributed by atoms with E-state index < -0.39 is 0 Å². The number of rotatable bonds is 6. The van der Waals surface area contributed by atoms with Crippen molar-refractivity contribution in [3.05, 3.63) is 101 Å². The Balaban J connectivity index is 1.47. The summed E-state index contributed by atoms with van der Waals surface area (Å²) < 4.78 is 11.1. The quantitative estimate of drug-likeness (QED) is 0.214. The Hall–Kier alpha value is -3.66. The predicted octanol–water partition coefficient (Wildman–Crippen LogP) is 6.24. The molecule has 0 amide bonds. The molecule has 156 valence electrons. The van der Waals surface area contributed by atoms with Crippen LogP contribution in [0, 0.1) is 6.92 Å². The van der Waals surface area contributed by atoms with Gasteiger partial charge in [0.2, 0.25) is 0 Å². The van der Waals surface area contributed by atoms with Crippen LogP contribution < -0.4 is 4.74 Å². The van der Waals surface area contributed by atoms with Crippen LogP contribution in [0.15, 0.2) is 77.4 Å². The summed E-state index contributed by atoms with van der Waals surface area (Å²) in [6.07, 6.45) is 1.73. The zero-order valence-electron chi connectivity index (χ0n) is 17.8. The Morgan fingerprint density at radius 3 is 2.29 bits per heavy atom. The van der Waals surface area contributed by atoms with Crippen LogP contribution in [-0.4, -0.2) is 11.8 Å². The molecule has 0 spiro atoms. The second-order valence-electron chi connectivity index (χ2n) is 7.99. The lowest BCUT2D eigenvalue weighted by atomic mass is 9.95. The summed E-state index contributed by atoms with van der Waals surface area (Å²) in [6.45, 7) is 6.36. The molecule has 0 aliphatic carbocycles. The van der Waals surface area contributed by atoms with E-state index in [1.165, 1.54) is 11.1 Å². The maximum atomic E-state index is 12.5. The standard InChI is InChI=1S/C27H24O4/c1-17(2)23-15-24-21(16-30-25(24)13-18(23)3)14-26(28)31-22-11-9-20(10-12-22)27(29)19-7-5-4-6-8-19/h4-13,15-17H,14H2,1-3H3. The highest BCUT2D eigenvalue weighted by atomic mass is 16.5. The number of aryl methyl sites for hydroxylation is 1. The summed E-state index contributed by atoms with van der Waals surface area (Å²) in [4.78, 5) is 25.0. The number of ketones is 1. The molecule has 0 atom stereocenters. The number of furan rings is 1. The van der Waals surface area contributed by atoms with E-state index in [-0.39, 0.29) is 18.2 Å². The summed E-state index contributed by atoms with van der Waals surface area (Å²) in [5, 5.41) is 0.940. The molecule has 0 saturated heterocycles. The van der Waals surface area contributed by atoms with E-state index in [1.807, 2.05) is 24.3 Å². The zero-order valence-corrected chi connectivity index (χ0v) is 17.8. The molecule has 0 fully saturated rings. The van der Waals surface area contributed by atoms with Gasteiger partial charge in [0.25, 0.3) is 0 Å². The number of carbonyl (C=O) groups is 2. The molecule has 0 aliphatic heterocycles. The molecule has 4 rings (SSSR count). The van der Waals surface area contributed by atoms with Gasteiger partial charge in [0.15, 0.2) is 5.78 Å². The maximum Gasteiger partial charge on any atom is 0.315 e. The van der Waals surface area contributed by atoms with E-state index in [9.17, 15) is 9.59 Å². The van der Waals surface area contributed by atoms with Crippen LogP contribution in [0.1, 0.15) is 52.4 Å². The van der Waals surface area contributed by atoms with Gasteiger partial charge in [0, 0.05) is 22.1 Å². The first-order valence-electron chi connectivity index (χ1n) is 10.3. The molecule has 0 aliphatic rings. The lowest BCUT2D eigenvalue weighted by molar-refractivity contribution is -0.133. The fraction of sp³-hybridized carbons (Fsp3) is 0.185. The molecule has 4 heteroatoms. The van der Waals surface area contributed by atoms with Crippen molar-refractivity contribution in [3.63, 3.8) is 0 Å². The third kappa shape index (κ3) is 4.43. The van der Waals surface area contributed by atoms with Gasteiger partial charge in [-0.3, -0.25) is 9.59 Å². The third-order valence-electron chi connectivity index (χ3n) is 5.38. The minimum atomic E-state index is -0.378. The van der Waals surface area contributed by atoms with Crippen LogP contribution in [0.3, 0.4) is 0 Å². The Kier molecular flexibility index (Phi) is 5.72. The Bertz CT molecular complexity index is 1230. The Labute approximate surface area is 181 Å². The van der Waals surface area contributed by atoms with Gasteiger partial charge in [-0.15, -0.1) is 0 Å². The molecule has 4 aromatic rings. The van der Waals surface area contributed by atoms with E-state index in [0.717, 1.165) is 16.5 Å². The second kappa shape index (κ2) is 8.60. The van der Waals surface area contributed by atoms with Crippen LogP contribution in [0.4, 0.5) is 0 Å². The summed E-state index contributed by atoms with van der Waals surface area (Å²) in [6, 6.07) is 19.8. The molecule has 3 aromatic carbocycles. The number of hydrogen-bond donors (Lipinski definition) is 0. The fourth-order valence-corrected chi connectivity index (χ4v) is 3.76. The molecule has 31 heavy (non-hydrogen) atoms. The van der Waals surface area contributed by atoms with Gasteiger partial charge < -0.3 is 9.15 Å². The molecular weight excluding hydrogens is 388 g/mol. The molecule has 0 N–H and O–H groups in total. The minimum absolute atomic E-state index is 0.0698. The van der Waals surface area contributed by atoms with Gasteiger partial charge in [0.1, 0.15) is 11.3 Å². The highest BCUT2D eigenvalue weighted by Gasteiger charge is 2.16. The molecule has 1 aromatic heterocycles. The lowest BCUT2D eigenvalue weighted by Gasteiger charge is -2.10. The van der Waals surface area contributed by atoms with E-state index in [4.69, 9.17) is 9.15 Å². The molecule has 0 unspecified atom stereocenters. The van der Waals surface area contributed by atoms with Gasteiger partial charge >= 0.3 is 5.97 Å². The van der Waals surface area contributed by atoms with Crippen LogP contribution >= 0.6 is 0 Å². The molecule has 0 saturated carbocycles. The van der Waals surface area contributed by atoms with Crippen LogP contribution in [0.2, 0.25) is 0 Å². The topological polar surface area (TPSA) is 56.5 Å². The predicted molar refractivity (Wildman–Crippen MR) is 121 cm³/mol. The van der Waals surface area contributed by atoms with Crippen molar-refractivity contribution in [3.8, 4) is 5.75 Å². The van der Waals surface area contributed by atoms with E-state index in [1.54, 1.807) is 42.7 Å². The summed E-state index contributed by atoms with van der Waals surface area (Å²) in [5.41, 5.74) is 5.16. The average Bonchev–Trinajstić information content (AvgIpc) is 3.14. The number of esters is 1. The van der Waals surface area contributed by atoms with Crippen molar-refractivity contribution in [2.24, 2.45) is 0 Å². The summed E-state index contributed by atoms with van der Waals surface area (Å²) in [5.74, 6) is 0.341.